The van der Waals surface area contributed by atoms with Gasteiger partial charge in [0.15, 0.2) is 0 Å². The van der Waals surface area contributed by atoms with E-state index in [4.69, 9.17) is 10.5 Å². The van der Waals surface area contributed by atoms with E-state index in [1.54, 1.807) is 7.11 Å². The van der Waals surface area contributed by atoms with E-state index >= 15 is 0 Å². The normalized spacial score (nSPS) is 18.2. The Morgan fingerprint density at radius 2 is 1.95 bits per heavy atom. The average molecular weight is 262 g/mol. The zero-order chi connectivity index (χ0) is 14.2. The van der Waals surface area contributed by atoms with Crippen molar-refractivity contribution in [2.45, 2.75) is 39.7 Å². The van der Waals surface area contributed by atoms with Crippen molar-refractivity contribution in [3.63, 3.8) is 0 Å². The molecule has 1 aliphatic rings. The van der Waals surface area contributed by atoms with Crippen LogP contribution >= 0.6 is 0 Å². The lowest BCUT2D eigenvalue weighted by Gasteiger charge is -2.28. The van der Waals surface area contributed by atoms with Gasteiger partial charge in [0.05, 0.1) is 7.11 Å². The minimum atomic E-state index is 0.0502. The molecule has 0 bridgehead atoms. The highest BCUT2D eigenvalue weighted by Gasteiger charge is 2.49. The van der Waals surface area contributed by atoms with Crippen molar-refractivity contribution < 1.29 is 4.74 Å². The molecule has 2 rings (SSSR count). The minimum absolute atomic E-state index is 0.0502. The summed E-state index contributed by atoms with van der Waals surface area (Å²) in [5, 5.41) is 3.28. The molecule has 0 radical (unpaired) electrons. The minimum Gasteiger partial charge on any atom is -0.496 e. The van der Waals surface area contributed by atoms with Gasteiger partial charge in [-0.25, -0.2) is 0 Å². The van der Waals surface area contributed by atoms with Gasteiger partial charge in [-0.15, -0.1) is 0 Å². The van der Waals surface area contributed by atoms with Crippen LogP contribution in [0.3, 0.4) is 0 Å². The molecule has 1 aliphatic carbocycles. The molecule has 106 valence electrons. The molecule has 0 saturated heterocycles. The number of ether oxygens (including phenoxy) is 1. The van der Waals surface area contributed by atoms with E-state index in [0.29, 0.717) is 0 Å². The van der Waals surface area contributed by atoms with E-state index in [2.05, 4.69) is 32.2 Å². The summed E-state index contributed by atoms with van der Waals surface area (Å²) in [7, 11) is 3.74. The second-order valence-electron chi connectivity index (χ2n) is 5.95. The number of benzene rings is 1. The third kappa shape index (κ3) is 2.37. The largest absolute Gasteiger partial charge is 0.496 e. The van der Waals surface area contributed by atoms with Gasteiger partial charge in [0.25, 0.3) is 0 Å². The second-order valence-corrected chi connectivity index (χ2v) is 5.95. The van der Waals surface area contributed by atoms with Crippen LogP contribution in [0, 0.1) is 26.2 Å². The maximum atomic E-state index is 6.60. The maximum absolute atomic E-state index is 6.60. The molecule has 1 aromatic rings. The fourth-order valence-corrected chi connectivity index (χ4v) is 3.14. The Balaban J connectivity index is 2.47. The molecule has 19 heavy (non-hydrogen) atoms. The predicted molar refractivity (Wildman–Crippen MR) is 79.7 cm³/mol. The van der Waals surface area contributed by atoms with Gasteiger partial charge < -0.3 is 15.8 Å². The molecule has 1 unspecified atom stereocenters. The predicted octanol–water partition coefficient (Wildman–Crippen LogP) is 2.62. The van der Waals surface area contributed by atoms with Gasteiger partial charge >= 0.3 is 0 Å². The van der Waals surface area contributed by atoms with Crippen molar-refractivity contribution in [2.75, 3.05) is 20.7 Å². The molecule has 0 aliphatic heterocycles. The highest BCUT2D eigenvalue weighted by molar-refractivity contribution is 5.52. The number of hydrogen-bond acceptors (Lipinski definition) is 3. The smallest absolute Gasteiger partial charge is 0.127 e. The molecule has 0 amide bonds. The topological polar surface area (TPSA) is 47.3 Å². The van der Waals surface area contributed by atoms with Crippen molar-refractivity contribution in [3.05, 3.63) is 28.3 Å². The molecule has 0 aromatic heterocycles. The quantitative estimate of drug-likeness (QED) is 0.857. The SMILES string of the molecule is CNCC1(C(N)c2c(C)cc(C)c(C)c2OC)CC1. The maximum Gasteiger partial charge on any atom is 0.127 e. The highest BCUT2D eigenvalue weighted by Crippen LogP contribution is 2.55. The molecular formula is C16H26N2O. The van der Waals surface area contributed by atoms with Gasteiger partial charge in [0.2, 0.25) is 0 Å². The summed E-state index contributed by atoms with van der Waals surface area (Å²) in [4.78, 5) is 0. The van der Waals surface area contributed by atoms with Crippen molar-refractivity contribution in [1.29, 1.82) is 0 Å². The zero-order valence-electron chi connectivity index (χ0n) is 12.8. The van der Waals surface area contributed by atoms with Gasteiger partial charge in [-0.3, -0.25) is 0 Å². The summed E-state index contributed by atoms with van der Waals surface area (Å²) in [5.74, 6) is 0.979. The molecule has 3 N–H and O–H groups in total. The van der Waals surface area contributed by atoms with Crippen molar-refractivity contribution in [2.24, 2.45) is 11.1 Å². The first kappa shape index (κ1) is 14.4. The van der Waals surface area contributed by atoms with Gasteiger partial charge in [0.1, 0.15) is 5.75 Å². The van der Waals surface area contributed by atoms with Gasteiger partial charge in [0, 0.05) is 23.6 Å². The Kier molecular flexibility index (Phi) is 3.88. The first-order chi connectivity index (χ1) is 8.96. The van der Waals surface area contributed by atoms with E-state index in [0.717, 1.165) is 12.3 Å². The third-order valence-corrected chi connectivity index (χ3v) is 4.63. The van der Waals surface area contributed by atoms with E-state index in [1.807, 2.05) is 7.05 Å². The summed E-state index contributed by atoms with van der Waals surface area (Å²) in [6.07, 6.45) is 2.40. The fourth-order valence-electron chi connectivity index (χ4n) is 3.14. The molecular weight excluding hydrogens is 236 g/mol. The van der Waals surface area contributed by atoms with Crippen LogP contribution < -0.4 is 15.8 Å². The lowest BCUT2D eigenvalue weighted by atomic mass is 9.85. The van der Waals surface area contributed by atoms with Gasteiger partial charge in [-0.2, -0.15) is 0 Å². The number of nitrogens with one attached hydrogen (secondary N) is 1. The molecule has 3 nitrogen and oxygen atoms in total. The lowest BCUT2D eigenvalue weighted by Crippen LogP contribution is -2.32. The molecule has 3 heteroatoms. The molecule has 1 fully saturated rings. The second kappa shape index (κ2) is 5.14. The van der Waals surface area contributed by atoms with E-state index in [-0.39, 0.29) is 11.5 Å². The van der Waals surface area contributed by atoms with Crippen LogP contribution in [0.1, 0.15) is 41.1 Å². The number of methoxy groups -OCH3 is 1. The first-order valence-corrected chi connectivity index (χ1v) is 7.01. The fraction of sp³-hybridized carbons (Fsp3) is 0.625. The average Bonchev–Trinajstić information content (AvgIpc) is 3.14. The Labute approximate surface area is 116 Å². The molecule has 0 heterocycles. The van der Waals surface area contributed by atoms with E-state index in [1.165, 1.54) is 35.1 Å². The monoisotopic (exact) mass is 262 g/mol. The summed E-state index contributed by atoms with van der Waals surface area (Å²) < 4.78 is 5.66. The van der Waals surface area contributed by atoms with Crippen molar-refractivity contribution >= 4 is 0 Å². The van der Waals surface area contributed by atoms with Crippen LogP contribution in [-0.4, -0.2) is 20.7 Å². The number of aryl methyl sites for hydroxylation is 2. The van der Waals surface area contributed by atoms with Crippen molar-refractivity contribution in [1.82, 2.24) is 5.32 Å². The highest BCUT2D eigenvalue weighted by atomic mass is 16.5. The summed E-state index contributed by atoms with van der Waals surface area (Å²) in [6, 6.07) is 2.27. The van der Waals surface area contributed by atoms with Crippen molar-refractivity contribution in [3.8, 4) is 5.75 Å². The van der Waals surface area contributed by atoms with Gasteiger partial charge in [-0.1, -0.05) is 6.07 Å². The summed E-state index contributed by atoms with van der Waals surface area (Å²) in [6.45, 7) is 7.35. The Bertz CT molecular complexity index is 478. The van der Waals surface area contributed by atoms with Crippen LogP contribution in [0.2, 0.25) is 0 Å². The first-order valence-electron chi connectivity index (χ1n) is 7.01. The Hall–Kier alpha value is -1.06. The number of nitrogens with two attached hydrogens (primary N) is 1. The zero-order valence-corrected chi connectivity index (χ0v) is 12.8. The molecule has 1 atom stereocenters. The Morgan fingerprint density at radius 3 is 2.42 bits per heavy atom. The van der Waals surface area contributed by atoms with Crippen LogP contribution in [0.15, 0.2) is 6.07 Å². The lowest BCUT2D eigenvalue weighted by molar-refractivity contribution is 0.360. The van der Waals surface area contributed by atoms with E-state index in [9.17, 15) is 0 Å². The van der Waals surface area contributed by atoms with Crippen LogP contribution in [0.4, 0.5) is 0 Å². The van der Waals surface area contributed by atoms with Crippen LogP contribution in [0.5, 0.6) is 5.75 Å². The van der Waals surface area contributed by atoms with Gasteiger partial charge in [-0.05, 0) is 57.4 Å². The van der Waals surface area contributed by atoms with E-state index < -0.39 is 0 Å². The standard InChI is InChI=1S/C16H26N2O/c1-10-8-11(2)13(14(19-5)12(10)3)15(17)16(6-7-16)9-18-4/h8,15,18H,6-7,9,17H2,1-5H3. The molecule has 1 saturated carbocycles. The number of hydrogen-bond donors (Lipinski definition) is 2. The number of rotatable bonds is 5. The van der Waals surface area contributed by atoms with Crippen LogP contribution in [0.25, 0.3) is 0 Å². The Morgan fingerprint density at radius 1 is 1.32 bits per heavy atom. The third-order valence-electron chi connectivity index (χ3n) is 4.63. The molecule has 1 aromatic carbocycles. The summed E-state index contributed by atoms with van der Waals surface area (Å²) >= 11 is 0. The van der Waals surface area contributed by atoms with Crippen LogP contribution in [-0.2, 0) is 0 Å². The molecule has 0 spiro atoms. The summed E-state index contributed by atoms with van der Waals surface area (Å²) in [5.41, 5.74) is 11.7.